The highest BCUT2D eigenvalue weighted by atomic mass is 79.9. The molecule has 0 heterocycles. The molecule has 102 valence electrons. The minimum Gasteiger partial charge on any atom is -0.284 e. The van der Waals surface area contributed by atoms with Crippen LogP contribution >= 0.6 is 15.9 Å². The molecule has 0 aromatic heterocycles. The summed E-state index contributed by atoms with van der Waals surface area (Å²) in [7, 11) is -7.23. The number of halogens is 1. The first-order valence-corrected chi connectivity index (χ1v) is 8.97. The highest BCUT2D eigenvalue weighted by molar-refractivity contribution is 9.10. The molecule has 0 fully saturated rings. The van der Waals surface area contributed by atoms with Crippen LogP contribution in [0.3, 0.4) is 0 Å². The molecule has 0 aliphatic carbocycles. The number of hydrogen-bond acceptors (Lipinski definition) is 4. The van der Waals surface area contributed by atoms with E-state index >= 15 is 0 Å². The summed E-state index contributed by atoms with van der Waals surface area (Å²) >= 11 is 3.04. The van der Waals surface area contributed by atoms with Gasteiger partial charge < -0.3 is 0 Å². The summed E-state index contributed by atoms with van der Waals surface area (Å²) in [4.78, 5) is -0.0964. The zero-order chi connectivity index (χ0) is 14.0. The largest absolute Gasteiger partial charge is 0.284 e. The second-order valence-electron chi connectivity index (χ2n) is 3.61. The van der Waals surface area contributed by atoms with Crippen LogP contribution in [0.15, 0.2) is 27.6 Å². The molecule has 1 aromatic rings. The highest BCUT2D eigenvalue weighted by Crippen LogP contribution is 2.25. The quantitative estimate of drug-likeness (QED) is 0.827. The Hall–Kier alpha value is -0.640. The number of hydrogen-bond donors (Lipinski definition) is 2. The summed E-state index contributed by atoms with van der Waals surface area (Å²) in [5, 5.41) is 4.99. The Morgan fingerprint density at radius 1 is 1.28 bits per heavy atom. The van der Waals surface area contributed by atoms with E-state index in [9.17, 15) is 16.8 Å². The predicted octanol–water partition coefficient (Wildman–Crippen LogP) is 1.25. The molecule has 3 N–H and O–H groups in total. The number of primary sulfonamides is 1. The molecule has 0 radical (unpaired) electrons. The Labute approximate surface area is 115 Å². The average Bonchev–Trinajstić information content (AvgIpc) is 2.13. The fraction of sp³-hybridized carbons (Fsp3) is 0.333. The smallest absolute Gasteiger partial charge is 0.239 e. The second-order valence-corrected chi connectivity index (χ2v) is 7.84. The Kier molecular flexibility index (Phi) is 4.76. The van der Waals surface area contributed by atoms with E-state index in [1.807, 2.05) is 0 Å². The standard InChI is InChI=1S/C9H13BrN2O4S2/c1-2-5-17(13,14)12-7-3-4-9(8(10)6-7)18(11,15)16/h3-4,6,12H,2,5H2,1H3,(H2,11,15,16). The van der Waals surface area contributed by atoms with Crippen LogP contribution in [-0.4, -0.2) is 22.6 Å². The van der Waals surface area contributed by atoms with Crippen molar-refractivity contribution < 1.29 is 16.8 Å². The second kappa shape index (κ2) is 5.55. The Balaban J connectivity index is 3.07. The van der Waals surface area contributed by atoms with Gasteiger partial charge in [0, 0.05) is 10.2 Å². The van der Waals surface area contributed by atoms with Crippen molar-refractivity contribution in [3.05, 3.63) is 22.7 Å². The van der Waals surface area contributed by atoms with Crippen LogP contribution in [0.2, 0.25) is 0 Å². The zero-order valence-electron chi connectivity index (χ0n) is 9.55. The molecule has 1 rings (SSSR count). The minimum atomic E-state index is -3.83. The zero-order valence-corrected chi connectivity index (χ0v) is 12.8. The van der Waals surface area contributed by atoms with E-state index in [4.69, 9.17) is 5.14 Å². The monoisotopic (exact) mass is 356 g/mol. The van der Waals surface area contributed by atoms with Gasteiger partial charge in [-0.15, -0.1) is 0 Å². The first-order chi connectivity index (χ1) is 8.15. The summed E-state index contributed by atoms with van der Waals surface area (Å²) < 4.78 is 47.9. The van der Waals surface area contributed by atoms with E-state index < -0.39 is 20.0 Å². The van der Waals surface area contributed by atoms with E-state index in [-0.39, 0.29) is 20.8 Å². The normalized spacial score (nSPS) is 12.4. The van der Waals surface area contributed by atoms with E-state index in [2.05, 4.69) is 20.7 Å². The molecule has 9 heteroatoms. The van der Waals surface area contributed by atoms with Crippen LogP contribution in [0.4, 0.5) is 5.69 Å². The molecule has 6 nitrogen and oxygen atoms in total. The van der Waals surface area contributed by atoms with Crippen LogP contribution in [-0.2, 0) is 20.0 Å². The highest BCUT2D eigenvalue weighted by Gasteiger charge is 2.14. The number of benzene rings is 1. The Morgan fingerprint density at radius 2 is 1.89 bits per heavy atom. The summed E-state index contributed by atoms with van der Waals surface area (Å²) in [6.07, 6.45) is 0.492. The third-order valence-electron chi connectivity index (χ3n) is 1.98. The van der Waals surface area contributed by atoms with Gasteiger partial charge in [0.25, 0.3) is 0 Å². The molecule has 0 saturated heterocycles. The van der Waals surface area contributed by atoms with Gasteiger partial charge in [0.05, 0.1) is 10.6 Å². The van der Waals surface area contributed by atoms with Crippen LogP contribution in [0.5, 0.6) is 0 Å². The van der Waals surface area contributed by atoms with Crippen LogP contribution < -0.4 is 9.86 Å². The van der Waals surface area contributed by atoms with Gasteiger partial charge in [-0.05, 0) is 40.5 Å². The van der Waals surface area contributed by atoms with Gasteiger partial charge in [-0.25, -0.2) is 22.0 Å². The maximum Gasteiger partial charge on any atom is 0.239 e. The van der Waals surface area contributed by atoms with Crippen molar-refractivity contribution in [3.8, 4) is 0 Å². The van der Waals surface area contributed by atoms with Crippen LogP contribution in [0.25, 0.3) is 0 Å². The van der Waals surface area contributed by atoms with Crippen molar-refractivity contribution in [1.82, 2.24) is 0 Å². The van der Waals surface area contributed by atoms with Crippen molar-refractivity contribution in [2.24, 2.45) is 5.14 Å². The molecular formula is C9H13BrN2O4S2. The minimum absolute atomic E-state index is 0.00155. The SMILES string of the molecule is CCCS(=O)(=O)Nc1ccc(S(N)(=O)=O)c(Br)c1. The number of sulfonamides is 2. The molecule has 0 spiro atoms. The fourth-order valence-electron chi connectivity index (χ4n) is 1.29. The van der Waals surface area contributed by atoms with Crippen molar-refractivity contribution in [3.63, 3.8) is 0 Å². The van der Waals surface area contributed by atoms with Gasteiger partial charge >= 0.3 is 0 Å². The van der Waals surface area contributed by atoms with Crippen molar-refractivity contribution in [1.29, 1.82) is 0 Å². The molecular weight excluding hydrogens is 344 g/mol. The maximum absolute atomic E-state index is 11.5. The first kappa shape index (κ1) is 15.4. The molecule has 1 aromatic carbocycles. The third kappa shape index (κ3) is 4.23. The molecule has 18 heavy (non-hydrogen) atoms. The van der Waals surface area contributed by atoms with Crippen molar-refractivity contribution in [2.75, 3.05) is 10.5 Å². The first-order valence-electron chi connectivity index (χ1n) is 4.98. The lowest BCUT2D eigenvalue weighted by Crippen LogP contribution is -2.17. The number of nitrogens with two attached hydrogens (primary N) is 1. The topological polar surface area (TPSA) is 106 Å². The summed E-state index contributed by atoms with van der Waals surface area (Å²) in [6.45, 7) is 1.75. The van der Waals surface area contributed by atoms with E-state index in [0.29, 0.717) is 6.42 Å². The van der Waals surface area contributed by atoms with E-state index in [0.717, 1.165) is 0 Å². The predicted molar refractivity (Wildman–Crippen MR) is 73.2 cm³/mol. The lowest BCUT2D eigenvalue weighted by molar-refractivity contribution is 0.597. The molecule has 0 aliphatic heterocycles. The Morgan fingerprint density at radius 3 is 2.33 bits per heavy atom. The summed E-state index contributed by atoms with van der Waals surface area (Å²) in [5.74, 6) is 0.00155. The number of nitrogens with one attached hydrogen (secondary N) is 1. The number of anilines is 1. The van der Waals surface area contributed by atoms with E-state index in [1.54, 1.807) is 6.92 Å². The lowest BCUT2D eigenvalue weighted by Gasteiger charge is -2.09. The van der Waals surface area contributed by atoms with Gasteiger partial charge in [0.2, 0.25) is 20.0 Å². The lowest BCUT2D eigenvalue weighted by atomic mass is 10.3. The molecule has 0 aliphatic rings. The van der Waals surface area contributed by atoms with Crippen molar-refractivity contribution in [2.45, 2.75) is 18.2 Å². The molecule has 0 saturated carbocycles. The molecule has 0 amide bonds. The van der Waals surface area contributed by atoms with Crippen LogP contribution in [0.1, 0.15) is 13.3 Å². The van der Waals surface area contributed by atoms with Gasteiger partial charge in [-0.1, -0.05) is 6.92 Å². The van der Waals surface area contributed by atoms with Gasteiger partial charge in [0.15, 0.2) is 0 Å². The summed E-state index contributed by atoms with van der Waals surface area (Å²) in [5.41, 5.74) is 0.280. The maximum atomic E-state index is 11.5. The molecule has 0 bridgehead atoms. The van der Waals surface area contributed by atoms with Gasteiger partial charge in [-0.3, -0.25) is 4.72 Å². The van der Waals surface area contributed by atoms with Gasteiger partial charge in [0.1, 0.15) is 0 Å². The Bertz CT molecular complexity index is 641. The molecule has 0 atom stereocenters. The third-order valence-corrected chi connectivity index (χ3v) is 5.36. The average molecular weight is 357 g/mol. The van der Waals surface area contributed by atoms with Crippen LogP contribution in [0, 0.1) is 0 Å². The van der Waals surface area contributed by atoms with Crippen molar-refractivity contribution >= 4 is 41.7 Å². The summed E-state index contributed by atoms with van der Waals surface area (Å²) in [6, 6.07) is 3.94. The number of rotatable bonds is 5. The fourth-order valence-corrected chi connectivity index (χ4v) is 4.06. The molecule has 0 unspecified atom stereocenters. The van der Waals surface area contributed by atoms with E-state index in [1.165, 1.54) is 18.2 Å². The van der Waals surface area contributed by atoms with Gasteiger partial charge in [-0.2, -0.15) is 0 Å².